The van der Waals surface area contributed by atoms with Crippen LogP contribution in [0.15, 0.2) is 12.1 Å². The molecular weight excluding hydrogens is 202 g/mol. The van der Waals surface area contributed by atoms with Crippen LogP contribution in [0.3, 0.4) is 0 Å². The van der Waals surface area contributed by atoms with Crippen LogP contribution in [0.4, 0.5) is 0 Å². The molecule has 3 heteroatoms. The SMILES string of the molecule is Cc1cc(C(=O)C(C)N)cc2c1OC(C)C2. The summed E-state index contributed by atoms with van der Waals surface area (Å²) in [4.78, 5) is 11.8. The highest BCUT2D eigenvalue weighted by Gasteiger charge is 2.23. The Kier molecular flexibility index (Phi) is 2.72. The number of carbonyl (C=O) groups is 1. The molecule has 0 radical (unpaired) electrons. The summed E-state index contributed by atoms with van der Waals surface area (Å²) < 4.78 is 5.69. The Morgan fingerprint density at radius 1 is 1.56 bits per heavy atom. The second-order valence-corrected chi connectivity index (χ2v) is 4.57. The van der Waals surface area contributed by atoms with Gasteiger partial charge in [-0.05, 0) is 44.0 Å². The van der Waals surface area contributed by atoms with Gasteiger partial charge in [0.15, 0.2) is 5.78 Å². The molecule has 1 aliphatic heterocycles. The lowest BCUT2D eigenvalue weighted by Crippen LogP contribution is -2.26. The Morgan fingerprint density at radius 3 is 2.88 bits per heavy atom. The number of rotatable bonds is 2. The number of ether oxygens (including phenoxy) is 1. The number of hydrogen-bond donors (Lipinski definition) is 1. The minimum Gasteiger partial charge on any atom is -0.490 e. The molecule has 2 rings (SSSR count). The topological polar surface area (TPSA) is 52.3 Å². The molecule has 1 heterocycles. The molecule has 0 bridgehead atoms. The van der Waals surface area contributed by atoms with E-state index in [1.54, 1.807) is 6.92 Å². The van der Waals surface area contributed by atoms with Gasteiger partial charge in [0.2, 0.25) is 0 Å². The standard InChI is InChI=1S/C13H17NO2/c1-7-4-10(12(15)9(3)14)6-11-5-8(2)16-13(7)11/h4,6,8-9H,5,14H2,1-3H3. The van der Waals surface area contributed by atoms with Crippen LogP contribution in [-0.4, -0.2) is 17.9 Å². The molecule has 1 aliphatic rings. The third-order valence-corrected chi connectivity index (χ3v) is 2.88. The maximum atomic E-state index is 11.8. The fourth-order valence-corrected chi connectivity index (χ4v) is 2.12. The van der Waals surface area contributed by atoms with Gasteiger partial charge in [-0.1, -0.05) is 0 Å². The summed E-state index contributed by atoms with van der Waals surface area (Å²) in [6.07, 6.45) is 1.07. The quantitative estimate of drug-likeness (QED) is 0.772. The highest BCUT2D eigenvalue weighted by molar-refractivity contribution is 6.00. The Bertz CT molecular complexity index is 438. The van der Waals surface area contributed by atoms with Gasteiger partial charge in [-0.25, -0.2) is 0 Å². The number of Topliss-reactive ketones (excluding diaryl/α,β-unsaturated/α-hetero) is 1. The Morgan fingerprint density at radius 2 is 2.25 bits per heavy atom. The number of nitrogens with two attached hydrogens (primary N) is 1. The summed E-state index contributed by atoms with van der Waals surface area (Å²) in [5.41, 5.74) is 8.45. The summed E-state index contributed by atoms with van der Waals surface area (Å²) in [6.45, 7) is 5.71. The highest BCUT2D eigenvalue weighted by atomic mass is 16.5. The molecule has 1 aromatic carbocycles. The van der Waals surface area contributed by atoms with Gasteiger partial charge in [0.05, 0.1) is 6.04 Å². The minimum absolute atomic E-state index is 0.00884. The van der Waals surface area contributed by atoms with E-state index >= 15 is 0 Å². The first-order chi connectivity index (χ1) is 7.49. The van der Waals surface area contributed by atoms with E-state index in [9.17, 15) is 4.79 Å². The van der Waals surface area contributed by atoms with E-state index in [0.717, 1.165) is 23.3 Å². The first kappa shape index (κ1) is 11.1. The van der Waals surface area contributed by atoms with Crippen LogP contribution in [0, 0.1) is 6.92 Å². The molecular formula is C13H17NO2. The Balaban J connectivity index is 2.42. The predicted molar refractivity (Wildman–Crippen MR) is 63.0 cm³/mol. The molecule has 0 saturated heterocycles. The average molecular weight is 219 g/mol. The van der Waals surface area contributed by atoms with E-state index in [1.165, 1.54) is 0 Å². The molecule has 0 amide bonds. The molecule has 16 heavy (non-hydrogen) atoms. The predicted octanol–water partition coefficient (Wildman–Crippen LogP) is 1.85. The van der Waals surface area contributed by atoms with Crippen molar-refractivity contribution < 1.29 is 9.53 Å². The average Bonchev–Trinajstić information content (AvgIpc) is 2.57. The number of carbonyl (C=O) groups excluding carboxylic acids is 1. The lowest BCUT2D eigenvalue weighted by atomic mass is 9.98. The molecule has 0 spiro atoms. The first-order valence-corrected chi connectivity index (χ1v) is 5.59. The van der Waals surface area contributed by atoms with Crippen molar-refractivity contribution in [2.24, 2.45) is 5.73 Å². The second kappa shape index (κ2) is 3.91. The third-order valence-electron chi connectivity index (χ3n) is 2.88. The second-order valence-electron chi connectivity index (χ2n) is 4.57. The van der Waals surface area contributed by atoms with Gasteiger partial charge in [0, 0.05) is 12.0 Å². The van der Waals surface area contributed by atoms with Crippen LogP contribution in [0.5, 0.6) is 5.75 Å². The number of aryl methyl sites for hydroxylation is 1. The first-order valence-electron chi connectivity index (χ1n) is 5.59. The maximum Gasteiger partial charge on any atom is 0.179 e. The zero-order chi connectivity index (χ0) is 11.9. The fraction of sp³-hybridized carbons (Fsp3) is 0.462. The lowest BCUT2D eigenvalue weighted by molar-refractivity contribution is 0.0968. The molecule has 0 aliphatic carbocycles. The van der Waals surface area contributed by atoms with Crippen molar-refractivity contribution in [1.29, 1.82) is 0 Å². The number of benzene rings is 1. The molecule has 2 unspecified atom stereocenters. The van der Waals surface area contributed by atoms with Crippen LogP contribution in [0.1, 0.15) is 35.3 Å². The number of hydrogen-bond acceptors (Lipinski definition) is 3. The van der Waals surface area contributed by atoms with Crippen LogP contribution in [-0.2, 0) is 6.42 Å². The van der Waals surface area contributed by atoms with E-state index < -0.39 is 6.04 Å². The van der Waals surface area contributed by atoms with E-state index in [2.05, 4.69) is 0 Å². The zero-order valence-electron chi connectivity index (χ0n) is 9.91. The van der Waals surface area contributed by atoms with Crippen LogP contribution < -0.4 is 10.5 Å². The molecule has 0 saturated carbocycles. The van der Waals surface area contributed by atoms with Gasteiger partial charge in [-0.2, -0.15) is 0 Å². The van der Waals surface area contributed by atoms with Gasteiger partial charge >= 0.3 is 0 Å². The van der Waals surface area contributed by atoms with Crippen molar-refractivity contribution in [3.8, 4) is 5.75 Å². The van der Waals surface area contributed by atoms with Gasteiger partial charge in [-0.15, -0.1) is 0 Å². The number of fused-ring (bicyclic) bond motifs is 1. The van der Waals surface area contributed by atoms with E-state index in [4.69, 9.17) is 10.5 Å². The summed E-state index contributed by atoms with van der Waals surface area (Å²) in [5.74, 6) is 0.930. The third kappa shape index (κ3) is 1.83. The summed E-state index contributed by atoms with van der Waals surface area (Å²) in [7, 11) is 0. The Hall–Kier alpha value is -1.35. The van der Waals surface area contributed by atoms with E-state index in [1.807, 2.05) is 26.0 Å². The Labute approximate surface area is 95.6 Å². The maximum absolute atomic E-state index is 11.8. The fourth-order valence-electron chi connectivity index (χ4n) is 2.12. The van der Waals surface area contributed by atoms with E-state index in [0.29, 0.717) is 5.56 Å². The smallest absolute Gasteiger partial charge is 0.179 e. The van der Waals surface area contributed by atoms with E-state index in [-0.39, 0.29) is 11.9 Å². The van der Waals surface area contributed by atoms with Gasteiger partial charge in [0.1, 0.15) is 11.9 Å². The summed E-state index contributed by atoms with van der Waals surface area (Å²) >= 11 is 0. The van der Waals surface area contributed by atoms with Crippen LogP contribution >= 0.6 is 0 Å². The van der Waals surface area contributed by atoms with Gasteiger partial charge in [-0.3, -0.25) is 4.79 Å². The van der Waals surface area contributed by atoms with Crippen molar-refractivity contribution in [3.63, 3.8) is 0 Å². The van der Waals surface area contributed by atoms with Crippen LogP contribution in [0.2, 0.25) is 0 Å². The van der Waals surface area contributed by atoms with Crippen LogP contribution in [0.25, 0.3) is 0 Å². The van der Waals surface area contributed by atoms with Crippen molar-refractivity contribution in [2.45, 2.75) is 39.3 Å². The van der Waals surface area contributed by atoms with Gasteiger partial charge in [0.25, 0.3) is 0 Å². The lowest BCUT2D eigenvalue weighted by Gasteiger charge is -2.09. The molecule has 2 atom stereocenters. The van der Waals surface area contributed by atoms with Crippen molar-refractivity contribution in [2.75, 3.05) is 0 Å². The summed E-state index contributed by atoms with van der Waals surface area (Å²) in [6, 6.07) is 3.33. The molecule has 2 N–H and O–H groups in total. The monoisotopic (exact) mass is 219 g/mol. The molecule has 0 fully saturated rings. The molecule has 0 aromatic heterocycles. The largest absolute Gasteiger partial charge is 0.490 e. The summed E-state index contributed by atoms with van der Waals surface area (Å²) in [5, 5.41) is 0. The molecule has 3 nitrogen and oxygen atoms in total. The number of ketones is 1. The van der Waals surface area contributed by atoms with Crippen molar-refractivity contribution in [1.82, 2.24) is 0 Å². The normalized spacial score (nSPS) is 20.1. The van der Waals surface area contributed by atoms with Crippen molar-refractivity contribution in [3.05, 3.63) is 28.8 Å². The zero-order valence-corrected chi connectivity index (χ0v) is 9.91. The molecule has 1 aromatic rings. The highest BCUT2D eigenvalue weighted by Crippen LogP contribution is 2.33. The van der Waals surface area contributed by atoms with Crippen molar-refractivity contribution >= 4 is 5.78 Å². The molecule has 86 valence electrons. The minimum atomic E-state index is -0.447. The van der Waals surface area contributed by atoms with Gasteiger partial charge < -0.3 is 10.5 Å².